The van der Waals surface area contributed by atoms with Crippen LogP contribution in [0.5, 0.6) is 0 Å². The summed E-state index contributed by atoms with van der Waals surface area (Å²) in [6.07, 6.45) is 1.62. The highest BCUT2D eigenvalue weighted by Crippen LogP contribution is 2.32. The van der Waals surface area contributed by atoms with Crippen molar-refractivity contribution in [3.63, 3.8) is 0 Å². The van der Waals surface area contributed by atoms with Crippen LogP contribution in [-0.2, 0) is 9.59 Å². The Bertz CT molecular complexity index is 1150. The second-order valence-electron chi connectivity index (χ2n) is 8.64. The van der Waals surface area contributed by atoms with Gasteiger partial charge in [0.15, 0.2) is 21.4 Å². The van der Waals surface area contributed by atoms with Gasteiger partial charge in [-0.2, -0.15) is 4.98 Å². The molecule has 0 spiro atoms. The Labute approximate surface area is 194 Å². The minimum atomic E-state index is -1.05. The van der Waals surface area contributed by atoms with E-state index in [-0.39, 0.29) is 30.0 Å². The lowest BCUT2D eigenvalue weighted by molar-refractivity contribution is -0.142. The number of aliphatic hydroxyl groups is 1. The van der Waals surface area contributed by atoms with E-state index < -0.39 is 11.6 Å². The first-order chi connectivity index (χ1) is 15.6. The van der Waals surface area contributed by atoms with Gasteiger partial charge in [-0.25, -0.2) is 9.97 Å². The van der Waals surface area contributed by atoms with Crippen molar-refractivity contribution in [3.8, 4) is 10.8 Å². The molecular formula is C21H27N7O4S. The number of nitrogen functional groups attached to an aromatic ring is 1. The molecule has 4 heterocycles. The summed E-state index contributed by atoms with van der Waals surface area (Å²) in [5.74, 6) is 0.851. The van der Waals surface area contributed by atoms with Crippen molar-refractivity contribution < 1.29 is 19.1 Å². The van der Waals surface area contributed by atoms with E-state index in [9.17, 15) is 14.7 Å². The molecule has 176 valence electrons. The number of thiazole rings is 1. The van der Waals surface area contributed by atoms with Crippen molar-refractivity contribution in [3.05, 3.63) is 18.4 Å². The van der Waals surface area contributed by atoms with E-state index in [2.05, 4.69) is 20.3 Å². The molecule has 1 aliphatic rings. The van der Waals surface area contributed by atoms with E-state index in [1.165, 1.54) is 11.3 Å². The fourth-order valence-electron chi connectivity index (χ4n) is 3.60. The number of fused-ring (bicyclic) bond motifs is 1. The number of rotatable bonds is 6. The molecule has 0 aromatic carbocycles. The molecule has 0 bridgehead atoms. The van der Waals surface area contributed by atoms with E-state index in [1.807, 2.05) is 0 Å². The highest BCUT2D eigenvalue weighted by Gasteiger charge is 2.29. The van der Waals surface area contributed by atoms with Gasteiger partial charge in [-0.15, -0.1) is 0 Å². The summed E-state index contributed by atoms with van der Waals surface area (Å²) in [6, 6.07) is 3.00. The molecule has 0 radical (unpaired) electrons. The van der Waals surface area contributed by atoms with Crippen LogP contribution in [0.2, 0.25) is 0 Å². The van der Waals surface area contributed by atoms with Crippen LogP contribution in [0, 0.1) is 0 Å². The molecule has 1 atom stereocenters. The fourth-order valence-corrected chi connectivity index (χ4v) is 4.52. The van der Waals surface area contributed by atoms with Crippen LogP contribution in [0.3, 0.4) is 0 Å². The quantitative estimate of drug-likeness (QED) is 0.484. The third-order valence-corrected chi connectivity index (χ3v) is 6.23. The number of amides is 2. The van der Waals surface area contributed by atoms with Crippen LogP contribution in [0.25, 0.3) is 21.1 Å². The first-order valence-electron chi connectivity index (χ1n) is 10.6. The Kier molecular flexibility index (Phi) is 6.21. The summed E-state index contributed by atoms with van der Waals surface area (Å²) in [5, 5.41) is 13.5. The summed E-state index contributed by atoms with van der Waals surface area (Å²) in [4.78, 5) is 42.4. The number of carbonyl (C=O) groups excluding carboxylic acids is 2. The minimum absolute atomic E-state index is 0.0549. The summed E-state index contributed by atoms with van der Waals surface area (Å²) in [5.41, 5.74) is 5.51. The zero-order valence-electron chi connectivity index (χ0n) is 18.7. The molecule has 33 heavy (non-hydrogen) atoms. The maximum absolute atomic E-state index is 12.9. The molecule has 1 saturated heterocycles. The first-order valence-corrected chi connectivity index (χ1v) is 11.5. The molecule has 11 nitrogen and oxygen atoms in total. The van der Waals surface area contributed by atoms with Crippen LogP contribution >= 0.6 is 11.3 Å². The fraction of sp³-hybridized carbons (Fsp3) is 0.476. The zero-order valence-corrected chi connectivity index (χ0v) is 19.6. The molecule has 1 fully saturated rings. The van der Waals surface area contributed by atoms with Crippen LogP contribution < -0.4 is 11.1 Å². The van der Waals surface area contributed by atoms with Crippen molar-refractivity contribution in [2.24, 2.45) is 0 Å². The van der Waals surface area contributed by atoms with Crippen molar-refractivity contribution in [1.29, 1.82) is 0 Å². The average Bonchev–Trinajstić information content (AvgIpc) is 3.42. The summed E-state index contributed by atoms with van der Waals surface area (Å²) < 4.78 is 5.38. The second-order valence-corrected chi connectivity index (χ2v) is 9.62. The van der Waals surface area contributed by atoms with Gasteiger partial charge in [0.1, 0.15) is 11.6 Å². The number of anilines is 2. The molecule has 3 aromatic rings. The number of nitrogens with zero attached hydrogens (tertiary/aromatic N) is 5. The Morgan fingerprint density at radius 2 is 1.94 bits per heavy atom. The number of piperazine rings is 1. The van der Waals surface area contributed by atoms with E-state index in [4.69, 9.17) is 10.2 Å². The standard InChI is InChI=1S/C21H27N7O4S/c1-12(19(30)28-8-6-27(7-9-28)14(29)11-21(2,3)31)23-20-25-16(22)15-18(26-20)33-17(24-15)13-5-4-10-32-13/h4-5,10,12,31H,6-9,11H2,1-3H3,(H3,22,23,25,26)/t12-/m0/s1. The van der Waals surface area contributed by atoms with Gasteiger partial charge in [-0.1, -0.05) is 11.3 Å². The van der Waals surface area contributed by atoms with Crippen LogP contribution in [-0.4, -0.2) is 79.5 Å². The summed E-state index contributed by atoms with van der Waals surface area (Å²) >= 11 is 1.33. The molecule has 4 rings (SSSR count). The molecule has 0 unspecified atom stereocenters. The molecule has 2 amide bonds. The van der Waals surface area contributed by atoms with E-state index in [1.54, 1.807) is 49.0 Å². The number of furan rings is 1. The number of hydrogen-bond donors (Lipinski definition) is 3. The average molecular weight is 474 g/mol. The van der Waals surface area contributed by atoms with Gasteiger partial charge in [0, 0.05) is 26.2 Å². The number of aromatic nitrogens is 3. The zero-order chi connectivity index (χ0) is 23.8. The highest BCUT2D eigenvalue weighted by molar-refractivity contribution is 7.21. The van der Waals surface area contributed by atoms with Crippen molar-refractivity contribution in [2.45, 2.75) is 38.8 Å². The monoisotopic (exact) mass is 473 g/mol. The summed E-state index contributed by atoms with van der Waals surface area (Å²) in [6.45, 7) is 6.65. The van der Waals surface area contributed by atoms with Crippen LogP contribution in [0.15, 0.2) is 22.8 Å². The molecule has 1 aliphatic heterocycles. The number of hydrogen-bond acceptors (Lipinski definition) is 10. The van der Waals surface area contributed by atoms with Gasteiger partial charge in [-0.3, -0.25) is 9.59 Å². The normalized spacial score (nSPS) is 15.6. The van der Waals surface area contributed by atoms with Crippen molar-refractivity contribution in [2.75, 3.05) is 37.2 Å². The first kappa shape index (κ1) is 22.9. The maximum atomic E-state index is 12.9. The van der Waals surface area contributed by atoms with E-state index in [0.29, 0.717) is 47.3 Å². The van der Waals surface area contributed by atoms with E-state index in [0.717, 1.165) is 0 Å². The predicted molar refractivity (Wildman–Crippen MR) is 124 cm³/mol. The third-order valence-electron chi connectivity index (χ3n) is 5.26. The van der Waals surface area contributed by atoms with Crippen LogP contribution in [0.1, 0.15) is 27.2 Å². The van der Waals surface area contributed by atoms with Gasteiger partial charge in [0.2, 0.25) is 17.8 Å². The highest BCUT2D eigenvalue weighted by atomic mass is 32.1. The molecule has 4 N–H and O–H groups in total. The maximum Gasteiger partial charge on any atom is 0.244 e. The van der Waals surface area contributed by atoms with Gasteiger partial charge in [0.05, 0.1) is 18.3 Å². The number of carbonyl (C=O) groups is 2. The van der Waals surface area contributed by atoms with Gasteiger partial charge >= 0.3 is 0 Å². The van der Waals surface area contributed by atoms with E-state index >= 15 is 0 Å². The molecule has 0 aliphatic carbocycles. The lowest BCUT2D eigenvalue weighted by atomic mass is 10.0. The lowest BCUT2D eigenvalue weighted by Gasteiger charge is -2.36. The Hall–Kier alpha value is -3.25. The topological polar surface area (TPSA) is 151 Å². The second kappa shape index (κ2) is 8.94. The number of nitrogens with one attached hydrogen (secondary N) is 1. The lowest BCUT2D eigenvalue weighted by Crippen LogP contribution is -2.54. The van der Waals surface area contributed by atoms with Crippen LogP contribution in [0.4, 0.5) is 11.8 Å². The number of nitrogens with two attached hydrogens (primary N) is 1. The predicted octanol–water partition coefficient (Wildman–Crippen LogP) is 1.56. The van der Waals surface area contributed by atoms with Gasteiger partial charge in [0.25, 0.3) is 0 Å². The third kappa shape index (κ3) is 5.22. The van der Waals surface area contributed by atoms with Crippen molar-refractivity contribution in [1.82, 2.24) is 24.8 Å². The summed E-state index contributed by atoms with van der Waals surface area (Å²) in [7, 11) is 0. The molecule has 12 heteroatoms. The van der Waals surface area contributed by atoms with Crippen molar-refractivity contribution >= 4 is 45.3 Å². The Morgan fingerprint density at radius 3 is 2.58 bits per heavy atom. The smallest absolute Gasteiger partial charge is 0.244 e. The molecule has 0 saturated carbocycles. The van der Waals surface area contributed by atoms with Gasteiger partial charge in [-0.05, 0) is 32.9 Å². The largest absolute Gasteiger partial charge is 0.462 e. The Balaban J connectivity index is 1.38. The minimum Gasteiger partial charge on any atom is -0.462 e. The Morgan fingerprint density at radius 1 is 1.24 bits per heavy atom. The molecular weight excluding hydrogens is 446 g/mol. The SMILES string of the molecule is C[C@H](Nc1nc(N)c2nc(-c3ccco3)sc2n1)C(=O)N1CCN(C(=O)CC(C)(C)O)CC1. The van der Waals surface area contributed by atoms with Gasteiger partial charge < -0.3 is 30.4 Å². The molecule has 3 aromatic heterocycles.